The zero-order valence-electron chi connectivity index (χ0n) is 9.57. The van der Waals surface area contributed by atoms with Gasteiger partial charge in [-0.25, -0.2) is 0 Å². The summed E-state index contributed by atoms with van der Waals surface area (Å²) in [5.74, 6) is 0.879. The van der Waals surface area contributed by atoms with Crippen molar-refractivity contribution in [2.45, 2.75) is 33.0 Å². The summed E-state index contributed by atoms with van der Waals surface area (Å²) in [5.41, 5.74) is 6.76. The predicted molar refractivity (Wildman–Crippen MR) is 62.3 cm³/mol. The lowest BCUT2D eigenvalue weighted by Gasteiger charge is -2.24. The highest BCUT2D eigenvalue weighted by Crippen LogP contribution is 2.14. The Hall–Kier alpha value is -1.06. The van der Waals surface area contributed by atoms with E-state index in [4.69, 9.17) is 10.2 Å². The molecule has 0 aromatic carbocycles. The van der Waals surface area contributed by atoms with Crippen LogP contribution in [-0.4, -0.2) is 17.5 Å². The molecule has 3 heteroatoms. The second-order valence-electron chi connectivity index (χ2n) is 3.89. The smallest absolute Gasteiger partial charge is 0.121 e. The molecule has 0 radical (unpaired) electrons. The first kappa shape index (κ1) is 12.0. The minimum absolute atomic E-state index is 0.461. The van der Waals surface area contributed by atoms with Crippen molar-refractivity contribution >= 4 is 0 Å². The average molecular weight is 208 g/mol. The van der Waals surface area contributed by atoms with Gasteiger partial charge in [0.05, 0.1) is 12.8 Å². The summed E-state index contributed by atoms with van der Waals surface area (Å²) in [4.78, 5) is 2.32. The molecule has 0 aliphatic heterocycles. The van der Waals surface area contributed by atoms with Gasteiger partial charge in [0.2, 0.25) is 0 Å². The molecule has 84 valence electrons. The highest BCUT2D eigenvalue weighted by molar-refractivity contribution is 5.16. The van der Waals surface area contributed by atoms with Gasteiger partial charge in [-0.05, 0) is 19.9 Å². The van der Waals surface area contributed by atoms with Crippen molar-refractivity contribution in [2.24, 2.45) is 5.73 Å². The van der Waals surface area contributed by atoms with Crippen LogP contribution in [0.15, 0.2) is 29.4 Å². The SMILES string of the molecule is C=CCN(Cc1ccoc1CN)C(C)C. The molecule has 3 nitrogen and oxygen atoms in total. The Morgan fingerprint density at radius 2 is 2.33 bits per heavy atom. The Balaban J connectivity index is 2.68. The number of rotatable bonds is 6. The molecule has 0 unspecified atom stereocenters. The molecule has 1 aromatic rings. The topological polar surface area (TPSA) is 42.4 Å². The molecule has 0 amide bonds. The van der Waals surface area contributed by atoms with E-state index in [2.05, 4.69) is 25.3 Å². The Morgan fingerprint density at radius 3 is 2.87 bits per heavy atom. The standard InChI is InChI=1S/C12H20N2O/c1-4-6-14(10(2)3)9-11-5-7-15-12(11)8-13/h4-5,7,10H,1,6,8-9,13H2,2-3H3. The predicted octanol–water partition coefficient (Wildman–Crippen LogP) is 2.13. The van der Waals surface area contributed by atoms with E-state index in [1.807, 2.05) is 12.1 Å². The number of nitrogens with zero attached hydrogens (tertiary/aromatic N) is 1. The highest BCUT2D eigenvalue weighted by Gasteiger charge is 2.12. The summed E-state index contributed by atoms with van der Waals surface area (Å²) in [6.07, 6.45) is 3.62. The number of hydrogen-bond donors (Lipinski definition) is 1. The van der Waals surface area contributed by atoms with Gasteiger partial charge in [0.15, 0.2) is 0 Å². The lowest BCUT2D eigenvalue weighted by molar-refractivity contribution is 0.235. The Labute approximate surface area is 91.6 Å². The molecule has 0 aliphatic rings. The monoisotopic (exact) mass is 208 g/mol. The molecule has 2 N–H and O–H groups in total. The van der Waals surface area contributed by atoms with Crippen molar-refractivity contribution in [3.05, 3.63) is 36.3 Å². The summed E-state index contributed by atoms with van der Waals surface area (Å²) in [6, 6.07) is 2.48. The summed E-state index contributed by atoms with van der Waals surface area (Å²) >= 11 is 0. The largest absolute Gasteiger partial charge is 0.468 e. The summed E-state index contributed by atoms with van der Waals surface area (Å²) < 4.78 is 5.30. The van der Waals surface area contributed by atoms with Crippen molar-refractivity contribution in [2.75, 3.05) is 6.54 Å². The van der Waals surface area contributed by atoms with E-state index >= 15 is 0 Å². The Morgan fingerprint density at radius 1 is 1.60 bits per heavy atom. The van der Waals surface area contributed by atoms with Crippen molar-refractivity contribution in [3.8, 4) is 0 Å². The number of hydrogen-bond acceptors (Lipinski definition) is 3. The molecule has 0 saturated heterocycles. The second-order valence-corrected chi connectivity index (χ2v) is 3.89. The highest BCUT2D eigenvalue weighted by atomic mass is 16.3. The van der Waals surface area contributed by atoms with Crippen LogP contribution in [0.25, 0.3) is 0 Å². The molecule has 0 fully saturated rings. The van der Waals surface area contributed by atoms with Gasteiger partial charge in [0.25, 0.3) is 0 Å². The summed E-state index contributed by atoms with van der Waals surface area (Å²) in [5, 5.41) is 0. The molecule has 0 saturated carbocycles. The normalized spacial score (nSPS) is 11.3. The van der Waals surface area contributed by atoms with E-state index in [-0.39, 0.29) is 0 Å². The lowest BCUT2D eigenvalue weighted by Crippen LogP contribution is -2.30. The first-order chi connectivity index (χ1) is 7.19. The maximum Gasteiger partial charge on any atom is 0.121 e. The van der Waals surface area contributed by atoms with Crippen LogP contribution in [0.4, 0.5) is 0 Å². The molecule has 1 rings (SSSR count). The van der Waals surface area contributed by atoms with Crippen LogP contribution in [0, 0.1) is 0 Å². The Kier molecular flexibility index (Phi) is 4.59. The third-order valence-corrected chi connectivity index (χ3v) is 2.49. The zero-order chi connectivity index (χ0) is 11.3. The average Bonchev–Trinajstić information content (AvgIpc) is 2.64. The second kappa shape index (κ2) is 5.73. The number of nitrogens with two attached hydrogens (primary N) is 1. The fourth-order valence-electron chi connectivity index (χ4n) is 1.53. The fourth-order valence-corrected chi connectivity index (χ4v) is 1.53. The fraction of sp³-hybridized carbons (Fsp3) is 0.500. The molecule has 0 aliphatic carbocycles. The first-order valence-corrected chi connectivity index (χ1v) is 5.29. The third kappa shape index (κ3) is 3.22. The van der Waals surface area contributed by atoms with Crippen LogP contribution >= 0.6 is 0 Å². The minimum Gasteiger partial charge on any atom is -0.468 e. The van der Waals surface area contributed by atoms with Crippen molar-refractivity contribution < 1.29 is 4.42 Å². The van der Waals surface area contributed by atoms with Crippen LogP contribution in [-0.2, 0) is 13.1 Å². The van der Waals surface area contributed by atoms with Gasteiger partial charge in [0.1, 0.15) is 5.76 Å². The van der Waals surface area contributed by atoms with Gasteiger partial charge < -0.3 is 10.2 Å². The van der Waals surface area contributed by atoms with E-state index in [1.165, 1.54) is 5.56 Å². The molecule has 1 aromatic heterocycles. The van der Waals surface area contributed by atoms with E-state index in [9.17, 15) is 0 Å². The molecule has 0 atom stereocenters. The van der Waals surface area contributed by atoms with Gasteiger partial charge in [0, 0.05) is 24.7 Å². The van der Waals surface area contributed by atoms with Crippen LogP contribution in [0.2, 0.25) is 0 Å². The van der Waals surface area contributed by atoms with Gasteiger partial charge in [-0.2, -0.15) is 0 Å². The molecule has 0 spiro atoms. The lowest BCUT2D eigenvalue weighted by atomic mass is 10.2. The molecular weight excluding hydrogens is 188 g/mol. The number of furan rings is 1. The molecular formula is C12H20N2O. The van der Waals surface area contributed by atoms with Gasteiger partial charge in [-0.15, -0.1) is 6.58 Å². The molecule has 15 heavy (non-hydrogen) atoms. The van der Waals surface area contributed by atoms with Gasteiger partial charge in [-0.3, -0.25) is 4.90 Å². The molecule has 1 heterocycles. The quantitative estimate of drug-likeness (QED) is 0.728. The van der Waals surface area contributed by atoms with Crippen molar-refractivity contribution in [3.63, 3.8) is 0 Å². The maximum absolute atomic E-state index is 5.59. The third-order valence-electron chi connectivity index (χ3n) is 2.49. The zero-order valence-corrected chi connectivity index (χ0v) is 9.57. The van der Waals surface area contributed by atoms with E-state index < -0.39 is 0 Å². The van der Waals surface area contributed by atoms with Crippen molar-refractivity contribution in [1.82, 2.24) is 4.90 Å². The van der Waals surface area contributed by atoms with Gasteiger partial charge >= 0.3 is 0 Å². The van der Waals surface area contributed by atoms with Crippen LogP contribution < -0.4 is 5.73 Å². The van der Waals surface area contributed by atoms with Gasteiger partial charge in [-0.1, -0.05) is 6.08 Å². The maximum atomic E-state index is 5.59. The van der Waals surface area contributed by atoms with E-state index in [0.29, 0.717) is 12.6 Å². The van der Waals surface area contributed by atoms with Crippen LogP contribution in [0.1, 0.15) is 25.2 Å². The van der Waals surface area contributed by atoms with E-state index in [0.717, 1.165) is 18.8 Å². The van der Waals surface area contributed by atoms with Crippen LogP contribution in [0.5, 0.6) is 0 Å². The van der Waals surface area contributed by atoms with Crippen LogP contribution in [0.3, 0.4) is 0 Å². The molecule has 0 bridgehead atoms. The minimum atomic E-state index is 0.461. The Bertz CT molecular complexity index is 304. The first-order valence-electron chi connectivity index (χ1n) is 5.29. The summed E-state index contributed by atoms with van der Waals surface area (Å²) in [7, 11) is 0. The van der Waals surface area contributed by atoms with Crippen molar-refractivity contribution in [1.29, 1.82) is 0 Å². The van der Waals surface area contributed by atoms with E-state index in [1.54, 1.807) is 6.26 Å². The summed E-state index contributed by atoms with van der Waals surface area (Å²) in [6.45, 7) is 10.3.